The minimum Gasteiger partial charge on any atom is -0.324 e. The molecular weight excluding hydrogens is 434 g/mol. The highest BCUT2D eigenvalue weighted by Crippen LogP contribution is 2.23. The summed E-state index contributed by atoms with van der Waals surface area (Å²) in [6.45, 7) is 5.39. The van der Waals surface area contributed by atoms with E-state index in [0.717, 1.165) is 21.3 Å². The number of nitrogens with one attached hydrogen (secondary N) is 1. The number of halogens is 1. The van der Waals surface area contributed by atoms with Crippen molar-refractivity contribution >= 4 is 44.7 Å². The summed E-state index contributed by atoms with van der Waals surface area (Å²) in [5, 5.41) is 5.09. The van der Waals surface area contributed by atoms with Crippen LogP contribution in [0.15, 0.2) is 57.4 Å². The van der Waals surface area contributed by atoms with Gasteiger partial charge in [-0.3, -0.25) is 14.2 Å². The fourth-order valence-electron chi connectivity index (χ4n) is 3.62. The number of anilines is 1. The Morgan fingerprint density at radius 1 is 1.06 bits per heavy atom. The van der Waals surface area contributed by atoms with E-state index in [-0.39, 0.29) is 18.0 Å². The molecule has 0 aliphatic rings. The highest BCUT2D eigenvalue weighted by atomic mass is 35.5. The molecule has 1 amide bonds. The Morgan fingerprint density at radius 2 is 1.77 bits per heavy atom. The van der Waals surface area contributed by atoms with E-state index in [9.17, 15) is 14.4 Å². The Kier molecular flexibility index (Phi) is 5.56. The standard InChI is InChI=1S/C23H20ClN3O3S/c1-13-9-14(2)11-16(10-13)27-22(29)21-19(7-8-31-21)26(23(27)30)12-20(28)25-18-6-4-5-17(24)15(18)3/h4-11H,12H2,1-3H3,(H,25,28). The number of benzene rings is 2. The summed E-state index contributed by atoms with van der Waals surface area (Å²) in [6.07, 6.45) is 0. The first-order valence-corrected chi connectivity index (χ1v) is 10.9. The van der Waals surface area contributed by atoms with Gasteiger partial charge in [0.1, 0.15) is 11.2 Å². The zero-order valence-corrected chi connectivity index (χ0v) is 18.8. The summed E-state index contributed by atoms with van der Waals surface area (Å²) in [6, 6.07) is 12.5. The van der Waals surface area contributed by atoms with Crippen LogP contribution in [0.1, 0.15) is 16.7 Å². The molecule has 4 rings (SSSR count). The van der Waals surface area contributed by atoms with Crippen molar-refractivity contribution in [2.75, 3.05) is 5.32 Å². The molecule has 2 aromatic carbocycles. The summed E-state index contributed by atoms with van der Waals surface area (Å²) >= 11 is 7.38. The number of carbonyl (C=O) groups is 1. The largest absolute Gasteiger partial charge is 0.336 e. The maximum Gasteiger partial charge on any atom is 0.336 e. The third-order valence-corrected chi connectivity index (χ3v) is 6.36. The van der Waals surface area contributed by atoms with Crippen LogP contribution in [0.4, 0.5) is 5.69 Å². The molecule has 31 heavy (non-hydrogen) atoms. The van der Waals surface area contributed by atoms with Crippen molar-refractivity contribution in [1.82, 2.24) is 9.13 Å². The van der Waals surface area contributed by atoms with Crippen LogP contribution in [0.2, 0.25) is 5.02 Å². The number of thiophene rings is 1. The Balaban J connectivity index is 1.82. The van der Waals surface area contributed by atoms with Gasteiger partial charge in [0.2, 0.25) is 5.91 Å². The van der Waals surface area contributed by atoms with Crippen molar-refractivity contribution < 1.29 is 4.79 Å². The molecule has 158 valence electrons. The number of hydrogen-bond donors (Lipinski definition) is 1. The van der Waals surface area contributed by atoms with E-state index in [4.69, 9.17) is 11.6 Å². The molecule has 2 aromatic heterocycles. The van der Waals surface area contributed by atoms with E-state index in [1.54, 1.807) is 48.7 Å². The molecule has 0 aliphatic carbocycles. The Hall–Kier alpha value is -3.16. The molecule has 0 atom stereocenters. The Labute approximate surface area is 187 Å². The zero-order valence-electron chi connectivity index (χ0n) is 17.2. The van der Waals surface area contributed by atoms with Crippen LogP contribution in [0, 0.1) is 20.8 Å². The summed E-state index contributed by atoms with van der Waals surface area (Å²) in [5.41, 5.74) is 3.18. The SMILES string of the molecule is Cc1cc(C)cc(-n2c(=O)c3sccc3n(CC(=O)Nc3cccc(Cl)c3C)c2=O)c1. The minimum atomic E-state index is -0.557. The number of rotatable bonds is 4. The Morgan fingerprint density at radius 3 is 2.48 bits per heavy atom. The van der Waals surface area contributed by atoms with Gasteiger partial charge in [0.05, 0.1) is 11.2 Å². The monoisotopic (exact) mass is 453 g/mol. The maximum absolute atomic E-state index is 13.4. The van der Waals surface area contributed by atoms with Crippen molar-refractivity contribution in [2.24, 2.45) is 0 Å². The maximum atomic E-state index is 13.4. The van der Waals surface area contributed by atoms with Gasteiger partial charge >= 0.3 is 5.69 Å². The molecule has 0 saturated heterocycles. The number of aryl methyl sites for hydroxylation is 2. The van der Waals surface area contributed by atoms with Gasteiger partial charge in [0, 0.05) is 10.7 Å². The van der Waals surface area contributed by atoms with Crippen LogP contribution in [0.5, 0.6) is 0 Å². The molecule has 0 bridgehead atoms. The lowest BCUT2D eigenvalue weighted by Gasteiger charge is -2.14. The van der Waals surface area contributed by atoms with Gasteiger partial charge in [-0.2, -0.15) is 0 Å². The van der Waals surface area contributed by atoms with Crippen LogP contribution in [-0.4, -0.2) is 15.0 Å². The quantitative estimate of drug-likeness (QED) is 0.496. The number of fused-ring (bicyclic) bond motifs is 1. The van der Waals surface area contributed by atoms with Gasteiger partial charge in [0.15, 0.2) is 0 Å². The second kappa shape index (κ2) is 8.17. The molecular formula is C23H20ClN3O3S. The first-order chi connectivity index (χ1) is 14.8. The highest BCUT2D eigenvalue weighted by Gasteiger charge is 2.18. The number of amides is 1. The molecule has 0 aliphatic heterocycles. The van der Waals surface area contributed by atoms with Gasteiger partial charge in [-0.25, -0.2) is 9.36 Å². The number of carbonyl (C=O) groups excluding carboxylic acids is 1. The van der Waals surface area contributed by atoms with E-state index in [2.05, 4.69) is 5.32 Å². The second-order valence-corrected chi connectivity index (χ2v) is 8.77. The molecule has 0 fully saturated rings. The summed E-state index contributed by atoms with van der Waals surface area (Å²) < 4.78 is 2.89. The average molecular weight is 454 g/mol. The van der Waals surface area contributed by atoms with E-state index in [1.807, 2.05) is 19.9 Å². The number of hydrogen-bond acceptors (Lipinski definition) is 4. The van der Waals surface area contributed by atoms with Crippen molar-refractivity contribution in [2.45, 2.75) is 27.3 Å². The zero-order chi connectivity index (χ0) is 22.3. The van der Waals surface area contributed by atoms with Gasteiger partial charge in [0.25, 0.3) is 5.56 Å². The third kappa shape index (κ3) is 3.94. The molecule has 6 nitrogen and oxygen atoms in total. The lowest BCUT2D eigenvalue weighted by Crippen LogP contribution is -2.40. The average Bonchev–Trinajstić information content (AvgIpc) is 3.18. The van der Waals surface area contributed by atoms with E-state index >= 15 is 0 Å². The van der Waals surface area contributed by atoms with E-state index < -0.39 is 5.69 Å². The van der Waals surface area contributed by atoms with Crippen LogP contribution in [-0.2, 0) is 11.3 Å². The molecule has 0 unspecified atom stereocenters. The van der Waals surface area contributed by atoms with E-state index in [0.29, 0.717) is 26.6 Å². The normalized spacial score (nSPS) is 11.1. The second-order valence-electron chi connectivity index (χ2n) is 7.45. The molecule has 8 heteroatoms. The smallest absolute Gasteiger partial charge is 0.324 e. The first kappa shape index (κ1) is 21.1. The minimum absolute atomic E-state index is 0.233. The fraction of sp³-hybridized carbons (Fsp3) is 0.174. The van der Waals surface area contributed by atoms with Gasteiger partial charge < -0.3 is 5.32 Å². The van der Waals surface area contributed by atoms with Gasteiger partial charge in [-0.05, 0) is 73.2 Å². The highest BCUT2D eigenvalue weighted by molar-refractivity contribution is 7.17. The molecule has 0 spiro atoms. The predicted octanol–water partition coefficient (Wildman–Crippen LogP) is 4.43. The molecule has 1 N–H and O–H groups in total. The van der Waals surface area contributed by atoms with Crippen LogP contribution >= 0.6 is 22.9 Å². The first-order valence-electron chi connectivity index (χ1n) is 9.63. The molecule has 0 saturated carbocycles. The van der Waals surface area contributed by atoms with Crippen LogP contribution in [0.3, 0.4) is 0 Å². The summed E-state index contributed by atoms with van der Waals surface area (Å²) in [5.74, 6) is -0.384. The van der Waals surface area contributed by atoms with Crippen molar-refractivity contribution in [3.05, 3.63) is 90.4 Å². The lowest BCUT2D eigenvalue weighted by molar-refractivity contribution is -0.116. The van der Waals surface area contributed by atoms with Crippen molar-refractivity contribution in [1.29, 1.82) is 0 Å². The molecule has 4 aromatic rings. The molecule has 0 radical (unpaired) electrons. The fourth-order valence-corrected chi connectivity index (χ4v) is 4.62. The van der Waals surface area contributed by atoms with Crippen LogP contribution in [0.25, 0.3) is 15.9 Å². The van der Waals surface area contributed by atoms with Crippen molar-refractivity contribution in [3.8, 4) is 5.69 Å². The summed E-state index contributed by atoms with van der Waals surface area (Å²) in [4.78, 5) is 39.3. The number of nitrogens with zero attached hydrogens (tertiary/aromatic N) is 2. The summed E-state index contributed by atoms with van der Waals surface area (Å²) in [7, 11) is 0. The van der Waals surface area contributed by atoms with Crippen LogP contribution < -0.4 is 16.6 Å². The van der Waals surface area contributed by atoms with Gasteiger partial charge in [-0.1, -0.05) is 23.7 Å². The molecule has 2 heterocycles. The van der Waals surface area contributed by atoms with Crippen molar-refractivity contribution in [3.63, 3.8) is 0 Å². The lowest BCUT2D eigenvalue weighted by atomic mass is 10.1. The predicted molar refractivity (Wildman–Crippen MR) is 126 cm³/mol. The third-order valence-electron chi connectivity index (χ3n) is 5.06. The Bertz CT molecular complexity index is 1430. The van der Waals surface area contributed by atoms with E-state index in [1.165, 1.54) is 15.9 Å². The van der Waals surface area contributed by atoms with Gasteiger partial charge in [-0.15, -0.1) is 11.3 Å². The topological polar surface area (TPSA) is 73.1 Å². The number of aromatic nitrogens is 2.